The summed E-state index contributed by atoms with van der Waals surface area (Å²) in [5.41, 5.74) is 2.46. The standard InChI is InChI=1S/C12H7BrN2/c13-11-3-1-10(2-4-11)12-7-9(8-14)5-6-15-12/h1-7H. The van der Waals surface area contributed by atoms with Gasteiger partial charge in [0.05, 0.1) is 17.3 Å². The van der Waals surface area contributed by atoms with E-state index in [9.17, 15) is 0 Å². The molecule has 72 valence electrons. The zero-order valence-electron chi connectivity index (χ0n) is 7.81. The molecule has 1 aromatic carbocycles. The first kappa shape index (κ1) is 9.88. The van der Waals surface area contributed by atoms with Gasteiger partial charge in [-0.25, -0.2) is 0 Å². The van der Waals surface area contributed by atoms with Gasteiger partial charge in [-0.2, -0.15) is 5.26 Å². The lowest BCUT2D eigenvalue weighted by Crippen LogP contribution is -1.84. The largest absolute Gasteiger partial charge is 0.256 e. The van der Waals surface area contributed by atoms with Crippen LogP contribution >= 0.6 is 15.9 Å². The van der Waals surface area contributed by atoms with Crippen molar-refractivity contribution in [1.82, 2.24) is 4.98 Å². The molecule has 3 heteroatoms. The van der Waals surface area contributed by atoms with E-state index in [0.29, 0.717) is 5.56 Å². The van der Waals surface area contributed by atoms with Crippen molar-refractivity contribution < 1.29 is 0 Å². The van der Waals surface area contributed by atoms with Crippen molar-refractivity contribution >= 4 is 15.9 Å². The fourth-order valence-corrected chi connectivity index (χ4v) is 1.54. The van der Waals surface area contributed by atoms with Crippen LogP contribution in [0.2, 0.25) is 0 Å². The highest BCUT2D eigenvalue weighted by Gasteiger charge is 1.99. The fraction of sp³-hybridized carbons (Fsp3) is 0. The molecule has 2 rings (SSSR count). The number of nitriles is 1. The topological polar surface area (TPSA) is 36.7 Å². The highest BCUT2D eigenvalue weighted by molar-refractivity contribution is 9.10. The third-order valence-electron chi connectivity index (χ3n) is 2.03. The SMILES string of the molecule is N#Cc1ccnc(-c2ccc(Br)cc2)c1. The normalized spacial score (nSPS) is 9.60. The molecule has 2 nitrogen and oxygen atoms in total. The van der Waals surface area contributed by atoms with E-state index in [2.05, 4.69) is 27.0 Å². The number of benzene rings is 1. The molecule has 15 heavy (non-hydrogen) atoms. The van der Waals surface area contributed by atoms with Crippen LogP contribution in [0.4, 0.5) is 0 Å². The minimum Gasteiger partial charge on any atom is -0.256 e. The Morgan fingerprint density at radius 2 is 1.87 bits per heavy atom. The molecule has 0 bridgehead atoms. The van der Waals surface area contributed by atoms with Crippen molar-refractivity contribution in [3.8, 4) is 17.3 Å². The molecule has 0 amide bonds. The molecule has 0 N–H and O–H groups in total. The van der Waals surface area contributed by atoms with E-state index in [1.807, 2.05) is 24.3 Å². The molecule has 1 aromatic heterocycles. The molecule has 2 aromatic rings. The summed E-state index contributed by atoms with van der Waals surface area (Å²) < 4.78 is 1.03. The van der Waals surface area contributed by atoms with Crippen LogP contribution in [0.1, 0.15) is 5.56 Å². The van der Waals surface area contributed by atoms with Crippen molar-refractivity contribution in [3.05, 3.63) is 52.6 Å². The molecule has 0 atom stereocenters. The number of nitrogens with zero attached hydrogens (tertiary/aromatic N) is 2. The van der Waals surface area contributed by atoms with Gasteiger partial charge in [-0.05, 0) is 24.3 Å². The molecule has 1 heterocycles. The van der Waals surface area contributed by atoms with Crippen LogP contribution in [0.15, 0.2) is 47.1 Å². The summed E-state index contributed by atoms with van der Waals surface area (Å²) in [7, 11) is 0. The van der Waals surface area contributed by atoms with Gasteiger partial charge >= 0.3 is 0 Å². The average molecular weight is 259 g/mol. The third kappa shape index (κ3) is 2.23. The minimum atomic E-state index is 0.628. The maximum atomic E-state index is 8.77. The van der Waals surface area contributed by atoms with Gasteiger partial charge in [0.1, 0.15) is 0 Å². The summed E-state index contributed by atoms with van der Waals surface area (Å²) in [6, 6.07) is 13.4. The fourth-order valence-electron chi connectivity index (χ4n) is 1.28. The molecule has 0 saturated heterocycles. The number of aromatic nitrogens is 1. The number of pyridine rings is 1. The van der Waals surface area contributed by atoms with Gasteiger partial charge < -0.3 is 0 Å². The molecular weight excluding hydrogens is 252 g/mol. The van der Waals surface area contributed by atoms with Crippen LogP contribution in [0, 0.1) is 11.3 Å². The van der Waals surface area contributed by atoms with Gasteiger partial charge in [0.2, 0.25) is 0 Å². The van der Waals surface area contributed by atoms with Gasteiger partial charge in [-0.3, -0.25) is 4.98 Å². The number of hydrogen-bond acceptors (Lipinski definition) is 2. The van der Waals surface area contributed by atoms with Crippen molar-refractivity contribution in [2.75, 3.05) is 0 Å². The molecule has 0 spiro atoms. The van der Waals surface area contributed by atoms with Crippen LogP contribution in [-0.2, 0) is 0 Å². The van der Waals surface area contributed by atoms with Crippen molar-refractivity contribution in [1.29, 1.82) is 5.26 Å². The minimum absolute atomic E-state index is 0.628. The summed E-state index contributed by atoms with van der Waals surface area (Å²) in [5, 5.41) is 8.77. The Bertz CT molecular complexity index is 512. The zero-order chi connectivity index (χ0) is 10.7. The molecule has 0 aliphatic rings. The summed E-state index contributed by atoms with van der Waals surface area (Å²) in [5.74, 6) is 0. The van der Waals surface area contributed by atoms with Crippen LogP contribution < -0.4 is 0 Å². The van der Waals surface area contributed by atoms with E-state index in [4.69, 9.17) is 5.26 Å². The first-order valence-corrected chi connectivity index (χ1v) is 5.21. The molecule has 0 saturated carbocycles. The second-order valence-electron chi connectivity index (χ2n) is 3.05. The predicted octanol–water partition coefficient (Wildman–Crippen LogP) is 3.38. The first-order valence-electron chi connectivity index (χ1n) is 4.42. The number of halogens is 1. The highest BCUT2D eigenvalue weighted by atomic mass is 79.9. The van der Waals surface area contributed by atoms with Gasteiger partial charge in [0.25, 0.3) is 0 Å². The second kappa shape index (κ2) is 4.24. The second-order valence-corrected chi connectivity index (χ2v) is 3.96. The summed E-state index contributed by atoms with van der Waals surface area (Å²) >= 11 is 3.37. The van der Waals surface area contributed by atoms with E-state index >= 15 is 0 Å². The maximum absolute atomic E-state index is 8.77. The van der Waals surface area contributed by atoms with Crippen molar-refractivity contribution in [2.24, 2.45) is 0 Å². The van der Waals surface area contributed by atoms with E-state index in [-0.39, 0.29) is 0 Å². The molecule has 0 aliphatic heterocycles. The van der Waals surface area contributed by atoms with Gasteiger partial charge in [0.15, 0.2) is 0 Å². The average Bonchev–Trinajstić information content (AvgIpc) is 2.30. The summed E-state index contributed by atoms with van der Waals surface area (Å²) in [6.07, 6.45) is 1.65. The lowest BCUT2D eigenvalue weighted by atomic mass is 10.1. The lowest BCUT2D eigenvalue weighted by molar-refractivity contribution is 1.31. The summed E-state index contributed by atoms with van der Waals surface area (Å²) in [4.78, 5) is 4.22. The molecule has 0 fully saturated rings. The quantitative estimate of drug-likeness (QED) is 0.787. The molecule has 0 aliphatic carbocycles. The third-order valence-corrected chi connectivity index (χ3v) is 2.56. The monoisotopic (exact) mass is 258 g/mol. The maximum Gasteiger partial charge on any atom is 0.0992 e. The van der Waals surface area contributed by atoms with Gasteiger partial charge in [-0.1, -0.05) is 28.1 Å². The van der Waals surface area contributed by atoms with Crippen LogP contribution in [0.3, 0.4) is 0 Å². The highest BCUT2D eigenvalue weighted by Crippen LogP contribution is 2.20. The van der Waals surface area contributed by atoms with Crippen LogP contribution in [-0.4, -0.2) is 4.98 Å². The molecular formula is C12H7BrN2. The summed E-state index contributed by atoms with van der Waals surface area (Å²) in [6.45, 7) is 0. The first-order chi connectivity index (χ1) is 7.29. The van der Waals surface area contributed by atoms with Gasteiger partial charge in [0, 0.05) is 16.2 Å². The Hall–Kier alpha value is -1.66. The predicted molar refractivity (Wildman–Crippen MR) is 62.1 cm³/mol. The Morgan fingerprint density at radius 3 is 2.53 bits per heavy atom. The van der Waals surface area contributed by atoms with Crippen molar-refractivity contribution in [3.63, 3.8) is 0 Å². The van der Waals surface area contributed by atoms with Crippen molar-refractivity contribution in [2.45, 2.75) is 0 Å². The van der Waals surface area contributed by atoms with E-state index < -0.39 is 0 Å². The zero-order valence-corrected chi connectivity index (χ0v) is 9.40. The number of rotatable bonds is 1. The van der Waals surface area contributed by atoms with Crippen LogP contribution in [0.5, 0.6) is 0 Å². The lowest BCUT2D eigenvalue weighted by Gasteiger charge is -2.00. The Labute approximate surface area is 96.3 Å². The number of hydrogen-bond donors (Lipinski definition) is 0. The van der Waals surface area contributed by atoms with E-state index in [1.54, 1.807) is 18.3 Å². The molecule has 0 radical (unpaired) electrons. The Morgan fingerprint density at radius 1 is 1.13 bits per heavy atom. The Kier molecular flexibility index (Phi) is 2.79. The van der Waals surface area contributed by atoms with E-state index in [0.717, 1.165) is 15.7 Å². The Balaban J connectivity index is 2.46. The molecule has 0 unspecified atom stereocenters. The van der Waals surface area contributed by atoms with Crippen LogP contribution in [0.25, 0.3) is 11.3 Å². The van der Waals surface area contributed by atoms with E-state index in [1.165, 1.54) is 0 Å². The van der Waals surface area contributed by atoms with Gasteiger partial charge in [-0.15, -0.1) is 0 Å². The smallest absolute Gasteiger partial charge is 0.0992 e.